The van der Waals surface area contributed by atoms with Crippen LogP contribution in [0.1, 0.15) is 36.7 Å². The molecule has 1 aromatic heterocycles. The van der Waals surface area contributed by atoms with Gasteiger partial charge in [-0.15, -0.1) is 10.2 Å². The molecule has 3 aromatic rings. The summed E-state index contributed by atoms with van der Waals surface area (Å²) < 4.78 is 5.70. The van der Waals surface area contributed by atoms with E-state index >= 15 is 0 Å². The van der Waals surface area contributed by atoms with Gasteiger partial charge in [-0.25, -0.2) is 0 Å². The molecule has 0 N–H and O–H groups in total. The average Bonchev–Trinajstić information content (AvgIpc) is 2.79. The Bertz CT molecular complexity index is 1000. The van der Waals surface area contributed by atoms with E-state index in [9.17, 15) is 4.79 Å². The molecule has 4 rings (SSSR count). The first-order chi connectivity index (χ1) is 14.9. The summed E-state index contributed by atoms with van der Waals surface area (Å²) in [7, 11) is 0. The predicted molar refractivity (Wildman–Crippen MR) is 122 cm³/mol. The van der Waals surface area contributed by atoms with Gasteiger partial charge in [-0.1, -0.05) is 51.1 Å². The van der Waals surface area contributed by atoms with Crippen molar-refractivity contribution >= 4 is 11.7 Å². The van der Waals surface area contributed by atoms with E-state index in [0.29, 0.717) is 19.0 Å². The Morgan fingerprint density at radius 3 is 2.10 bits per heavy atom. The molecule has 1 saturated heterocycles. The zero-order chi connectivity index (χ0) is 21.8. The van der Waals surface area contributed by atoms with Crippen molar-refractivity contribution in [1.29, 1.82) is 0 Å². The first-order valence-electron chi connectivity index (χ1n) is 10.6. The number of aromatic nitrogens is 2. The molecule has 0 spiro atoms. The van der Waals surface area contributed by atoms with E-state index in [1.165, 1.54) is 5.56 Å². The summed E-state index contributed by atoms with van der Waals surface area (Å²) in [5, 5.41) is 8.49. The molecule has 2 heterocycles. The highest BCUT2D eigenvalue weighted by Crippen LogP contribution is 2.23. The molecule has 0 radical (unpaired) electrons. The van der Waals surface area contributed by atoms with Gasteiger partial charge in [0.25, 0.3) is 5.91 Å². The zero-order valence-corrected chi connectivity index (χ0v) is 18.3. The summed E-state index contributed by atoms with van der Waals surface area (Å²) in [5.41, 5.74) is 2.05. The fourth-order valence-corrected chi connectivity index (χ4v) is 3.58. The number of nitrogens with zero attached hydrogens (tertiary/aromatic N) is 4. The number of amides is 1. The van der Waals surface area contributed by atoms with Crippen molar-refractivity contribution in [3.8, 4) is 11.6 Å². The lowest BCUT2D eigenvalue weighted by atomic mass is 9.86. The normalized spacial score (nSPS) is 14.4. The second kappa shape index (κ2) is 8.76. The van der Waals surface area contributed by atoms with Crippen LogP contribution in [0.25, 0.3) is 0 Å². The summed E-state index contributed by atoms with van der Waals surface area (Å²) in [6.07, 6.45) is 0. The smallest absolute Gasteiger partial charge is 0.253 e. The van der Waals surface area contributed by atoms with Gasteiger partial charge >= 0.3 is 0 Å². The molecule has 1 fully saturated rings. The fourth-order valence-electron chi connectivity index (χ4n) is 3.58. The molecule has 0 unspecified atom stereocenters. The summed E-state index contributed by atoms with van der Waals surface area (Å²) in [4.78, 5) is 16.9. The van der Waals surface area contributed by atoms with Crippen molar-refractivity contribution in [2.45, 2.75) is 26.2 Å². The summed E-state index contributed by atoms with van der Waals surface area (Å²) in [5.74, 6) is 2.06. The summed E-state index contributed by atoms with van der Waals surface area (Å²) in [6, 6.07) is 21.2. The van der Waals surface area contributed by atoms with Crippen molar-refractivity contribution < 1.29 is 9.53 Å². The number of carbonyl (C=O) groups excluding carboxylic acids is 1. The molecule has 31 heavy (non-hydrogen) atoms. The number of anilines is 1. The number of hydrogen-bond donors (Lipinski definition) is 0. The van der Waals surface area contributed by atoms with Gasteiger partial charge in [0.1, 0.15) is 5.75 Å². The Morgan fingerprint density at radius 2 is 1.52 bits per heavy atom. The van der Waals surface area contributed by atoms with Crippen LogP contribution in [0, 0.1) is 0 Å². The van der Waals surface area contributed by atoms with Crippen molar-refractivity contribution in [3.05, 3.63) is 77.9 Å². The molecule has 0 saturated carbocycles. The second-order valence-electron chi connectivity index (χ2n) is 8.75. The number of rotatable bonds is 4. The van der Waals surface area contributed by atoms with E-state index < -0.39 is 0 Å². The molecular weight excluding hydrogens is 388 g/mol. The third-order valence-corrected chi connectivity index (χ3v) is 5.48. The zero-order valence-electron chi connectivity index (χ0n) is 18.3. The van der Waals surface area contributed by atoms with Gasteiger partial charge in [0.05, 0.1) is 0 Å². The second-order valence-corrected chi connectivity index (χ2v) is 8.75. The van der Waals surface area contributed by atoms with E-state index in [1.54, 1.807) is 0 Å². The maximum Gasteiger partial charge on any atom is 0.253 e. The maximum atomic E-state index is 12.9. The van der Waals surface area contributed by atoms with Gasteiger partial charge in [-0.05, 0) is 41.3 Å². The van der Waals surface area contributed by atoms with Crippen molar-refractivity contribution in [1.82, 2.24) is 15.1 Å². The molecule has 0 aliphatic carbocycles. The van der Waals surface area contributed by atoms with Gasteiger partial charge in [-0.2, -0.15) is 0 Å². The Balaban J connectivity index is 1.33. The number of carbonyl (C=O) groups is 1. The fraction of sp³-hybridized carbons (Fsp3) is 0.320. The van der Waals surface area contributed by atoms with Crippen LogP contribution in [0.3, 0.4) is 0 Å². The van der Waals surface area contributed by atoms with Gasteiger partial charge in [-0.3, -0.25) is 4.79 Å². The number of hydrogen-bond acceptors (Lipinski definition) is 5. The SMILES string of the molecule is CC(C)(C)c1ccc(C(=O)N2CCN(c3ccc(Oc4ccccc4)nn3)CC2)cc1. The van der Waals surface area contributed by atoms with Gasteiger partial charge in [0.15, 0.2) is 5.82 Å². The topological polar surface area (TPSA) is 58.6 Å². The molecule has 1 aliphatic rings. The summed E-state index contributed by atoms with van der Waals surface area (Å²) in [6.45, 7) is 9.27. The van der Waals surface area contributed by atoms with E-state index in [-0.39, 0.29) is 11.3 Å². The van der Waals surface area contributed by atoms with E-state index in [2.05, 4.69) is 48.0 Å². The summed E-state index contributed by atoms with van der Waals surface area (Å²) >= 11 is 0. The van der Waals surface area contributed by atoms with Crippen LogP contribution < -0.4 is 9.64 Å². The number of ether oxygens (including phenoxy) is 1. The largest absolute Gasteiger partial charge is 0.438 e. The first kappa shape index (κ1) is 20.8. The molecular formula is C25H28N4O2. The lowest BCUT2D eigenvalue weighted by Gasteiger charge is -2.35. The van der Waals surface area contributed by atoms with Gasteiger partial charge < -0.3 is 14.5 Å². The minimum Gasteiger partial charge on any atom is -0.438 e. The third-order valence-electron chi connectivity index (χ3n) is 5.48. The molecule has 0 bridgehead atoms. The minimum absolute atomic E-state index is 0.0793. The number of para-hydroxylation sites is 1. The van der Waals surface area contributed by atoms with Crippen molar-refractivity contribution in [2.75, 3.05) is 31.1 Å². The molecule has 6 heteroatoms. The molecule has 160 valence electrons. The predicted octanol–water partition coefficient (Wildman–Crippen LogP) is 4.53. The number of benzene rings is 2. The average molecular weight is 417 g/mol. The van der Waals surface area contributed by atoms with Crippen LogP contribution in [-0.4, -0.2) is 47.2 Å². The Hall–Kier alpha value is -3.41. The van der Waals surface area contributed by atoms with E-state index in [0.717, 1.165) is 30.2 Å². The van der Waals surface area contributed by atoms with Crippen LogP contribution in [0.5, 0.6) is 11.6 Å². The quantitative estimate of drug-likeness (QED) is 0.625. The van der Waals surface area contributed by atoms with E-state index in [4.69, 9.17) is 4.74 Å². The third kappa shape index (κ3) is 5.02. The van der Waals surface area contributed by atoms with Crippen molar-refractivity contribution in [2.24, 2.45) is 0 Å². The Labute approximate surface area is 183 Å². The Kier molecular flexibility index (Phi) is 5.89. The number of piperazine rings is 1. The van der Waals surface area contributed by atoms with E-state index in [1.807, 2.05) is 59.5 Å². The van der Waals surface area contributed by atoms with Gasteiger partial charge in [0, 0.05) is 37.8 Å². The first-order valence-corrected chi connectivity index (χ1v) is 10.6. The molecule has 0 atom stereocenters. The Morgan fingerprint density at radius 1 is 0.839 bits per heavy atom. The lowest BCUT2D eigenvalue weighted by molar-refractivity contribution is 0.0746. The van der Waals surface area contributed by atoms with Crippen LogP contribution in [0.15, 0.2) is 66.7 Å². The molecule has 1 amide bonds. The lowest BCUT2D eigenvalue weighted by Crippen LogP contribution is -2.49. The van der Waals surface area contributed by atoms with Gasteiger partial charge in [0.2, 0.25) is 5.88 Å². The van der Waals surface area contributed by atoms with Crippen LogP contribution in [0.4, 0.5) is 5.82 Å². The standard InChI is InChI=1S/C25H28N4O2/c1-25(2,3)20-11-9-19(10-12-20)24(30)29-17-15-28(16-18-29)22-13-14-23(27-26-22)31-21-7-5-4-6-8-21/h4-14H,15-18H2,1-3H3. The molecule has 2 aromatic carbocycles. The molecule has 6 nitrogen and oxygen atoms in total. The van der Waals surface area contributed by atoms with Crippen LogP contribution >= 0.6 is 0 Å². The molecule has 1 aliphatic heterocycles. The highest BCUT2D eigenvalue weighted by molar-refractivity contribution is 5.94. The highest BCUT2D eigenvalue weighted by Gasteiger charge is 2.23. The minimum atomic E-state index is 0.0793. The van der Waals surface area contributed by atoms with Crippen molar-refractivity contribution in [3.63, 3.8) is 0 Å². The van der Waals surface area contributed by atoms with Crippen LogP contribution in [-0.2, 0) is 5.41 Å². The monoisotopic (exact) mass is 416 g/mol. The van der Waals surface area contributed by atoms with Crippen LogP contribution in [0.2, 0.25) is 0 Å². The maximum absolute atomic E-state index is 12.9. The highest BCUT2D eigenvalue weighted by atomic mass is 16.5.